The summed E-state index contributed by atoms with van der Waals surface area (Å²) in [5.74, 6) is -0.627. The van der Waals surface area contributed by atoms with Crippen LogP contribution in [-0.4, -0.2) is 194 Å². The van der Waals surface area contributed by atoms with Gasteiger partial charge >= 0.3 is 5.97 Å². The molecule has 8 rings (SSSR count). The molecule has 20 heteroatoms. The Morgan fingerprint density at radius 1 is 0.754 bits per heavy atom. The molecule has 8 aliphatic rings. The number of ether oxygens (including phenoxy) is 8. The van der Waals surface area contributed by atoms with E-state index >= 15 is 0 Å². The van der Waals surface area contributed by atoms with Gasteiger partial charge in [0.15, 0.2) is 18.9 Å². The molecule has 0 aromatic rings. The summed E-state index contributed by atoms with van der Waals surface area (Å²) in [4.78, 5) is 17.5. The van der Waals surface area contributed by atoms with Crippen LogP contribution in [0, 0.1) is 29.1 Å². The van der Waals surface area contributed by atoms with Crippen molar-refractivity contribution in [3.05, 3.63) is 11.6 Å². The molecular formula is C41H64O20. The summed E-state index contributed by atoms with van der Waals surface area (Å²) in [6, 6.07) is 0. The Hall–Kier alpha value is -1.51. The van der Waals surface area contributed by atoms with Crippen LogP contribution >= 0.6 is 0 Å². The number of hydrogen-bond acceptors (Lipinski definition) is 20. The molecule has 4 heterocycles. The SMILES string of the molecule is CO[C@H]1[C@H](O)[C@H](O[C@H]2CC[C@@]3(OO)[C@H](CC[C@@H]4[C@@H]3CC[C@]3(C)[C@@H](C5=CC(=O)OC5)CC[C@]43O)C2)O[C@@H](C)[C@@H]1O[C@@H]1O[C@H](CO[C@@H]2O[C@H](CO)[C@@H](O)[C@H](O)[C@H]2O)[C@@H](O)[C@H](O)[C@H]1O. The Morgan fingerprint density at radius 2 is 1.44 bits per heavy atom. The Kier molecular flexibility index (Phi) is 13.4. The Bertz CT molecular complexity index is 1590. The van der Waals surface area contributed by atoms with Crippen LogP contribution in [0.1, 0.15) is 71.6 Å². The Labute approximate surface area is 353 Å². The van der Waals surface area contributed by atoms with Crippen molar-refractivity contribution in [2.24, 2.45) is 29.1 Å². The van der Waals surface area contributed by atoms with E-state index in [9.17, 15) is 56.0 Å². The summed E-state index contributed by atoms with van der Waals surface area (Å²) in [5, 5.41) is 107. The van der Waals surface area contributed by atoms with Crippen molar-refractivity contribution in [3.8, 4) is 0 Å². The van der Waals surface area contributed by atoms with Crippen molar-refractivity contribution in [1.82, 2.24) is 0 Å². The molecule has 0 aromatic heterocycles. The lowest BCUT2D eigenvalue weighted by Gasteiger charge is -2.63. The number of cyclic esters (lactones) is 1. The Balaban J connectivity index is 0.886. The van der Waals surface area contributed by atoms with Crippen LogP contribution in [0.2, 0.25) is 0 Å². The lowest BCUT2D eigenvalue weighted by atomic mass is 9.46. The maximum Gasteiger partial charge on any atom is 0.331 e. The average molecular weight is 877 g/mol. The number of aliphatic hydroxyl groups is 9. The van der Waals surface area contributed by atoms with Gasteiger partial charge < -0.3 is 83.9 Å². The lowest BCUT2D eigenvalue weighted by molar-refractivity contribution is -0.391. The average Bonchev–Trinajstić information content (AvgIpc) is 3.80. The van der Waals surface area contributed by atoms with Crippen molar-refractivity contribution in [1.29, 1.82) is 0 Å². The van der Waals surface area contributed by atoms with Gasteiger partial charge in [-0.3, -0.25) is 5.26 Å². The van der Waals surface area contributed by atoms with Gasteiger partial charge in [0.05, 0.1) is 31.0 Å². The second kappa shape index (κ2) is 17.7. The van der Waals surface area contributed by atoms with Crippen molar-refractivity contribution in [2.45, 2.75) is 181 Å². The van der Waals surface area contributed by atoms with Crippen molar-refractivity contribution in [2.75, 3.05) is 26.9 Å². The highest BCUT2D eigenvalue weighted by molar-refractivity contribution is 5.85. The molecule has 0 amide bonds. The van der Waals surface area contributed by atoms with Gasteiger partial charge in [-0.05, 0) is 94.0 Å². The van der Waals surface area contributed by atoms with Crippen LogP contribution in [0.25, 0.3) is 0 Å². The maximum atomic E-state index is 12.6. The highest BCUT2D eigenvalue weighted by Gasteiger charge is 2.69. The molecule has 4 saturated carbocycles. The standard InChI is InChI=1S/C41H64O20/c1-17-34(60-37-32(49)30(47)28(45)25(59-37)16-55-36-31(48)29(46)27(44)24(14-42)58-36)35(53-3)33(50)38(56-17)57-20-6-10-40(61-52)19(13-20)4-5-23-22(40)7-9-39(2)21(8-11-41(23,39)51)18-12-26(43)54-15-18/h12,17,19-25,27-38,42,44-52H,4-11,13-16H2,1-3H3/t17-,19+,20-,21+,22-,23+,24+,25+,27+,28+,29-,30-,31+,32+,33-,34-,35-,36+,37-,38-,39+,40+,41-/m0/s1. The van der Waals surface area contributed by atoms with Gasteiger partial charge in [0, 0.05) is 18.6 Å². The number of rotatable bonds is 11. The summed E-state index contributed by atoms with van der Waals surface area (Å²) >= 11 is 0. The normalized spacial score (nSPS) is 53.7. The van der Waals surface area contributed by atoms with Crippen LogP contribution in [0.15, 0.2) is 11.6 Å². The van der Waals surface area contributed by atoms with Gasteiger partial charge in [-0.2, -0.15) is 0 Å². The fourth-order valence-electron chi connectivity index (χ4n) is 12.7. The molecule has 3 saturated heterocycles. The van der Waals surface area contributed by atoms with Gasteiger partial charge in [0.2, 0.25) is 0 Å². The second-order valence-electron chi connectivity index (χ2n) is 18.9. The highest BCUT2D eigenvalue weighted by atomic mass is 17.1. The molecule has 0 aromatic carbocycles. The monoisotopic (exact) mass is 876 g/mol. The number of esters is 1. The molecule has 0 unspecified atom stereocenters. The van der Waals surface area contributed by atoms with Gasteiger partial charge in [-0.25, -0.2) is 9.68 Å². The zero-order valence-corrected chi connectivity index (χ0v) is 34.7. The quantitative estimate of drug-likeness (QED) is 0.0464. The number of carbonyl (C=O) groups is 1. The lowest BCUT2D eigenvalue weighted by Crippen LogP contribution is -2.66. The van der Waals surface area contributed by atoms with Gasteiger partial charge in [-0.15, -0.1) is 0 Å². The first-order chi connectivity index (χ1) is 29.0. The van der Waals surface area contributed by atoms with Gasteiger partial charge in [0.1, 0.15) is 79.4 Å². The molecular weight excluding hydrogens is 812 g/mol. The number of aliphatic hydroxyl groups excluding tert-OH is 8. The fourth-order valence-corrected chi connectivity index (χ4v) is 12.7. The highest BCUT2D eigenvalue weighted by Crippen LogP contribution is 2.68. The van der Waals surface area contributed by atoms with Gasteiger partial charge in [-0.1, -0.05) is 6.92 Å². The fraction of sp³-hybridized carbons (Fsp3) is 0.927. The second-order valence-corrected chi connectivity index (χ2v) is 18.9. The molecule has 4 aliphatic heterocycles. The first kappa shape index (κ1) is 46.0. The van der Waals surface area contributed by atoms with E-state index in [2.05, 4.69) is 6.92 Å². The summed E-state index contributed by atoms with van der Waals surface area (Å²) in [6.07, 6.45) is -14.9. The molecule has 0 bridgehead atoms. The van der Waals surface area contributed by atoms with Crippen LogP contribution in [0.5, 0.6) is 0 Å². The van der Waals surface area contributed by atoms with E-state index in [1.165, 1.54) is 7.11 Å². The van der Waals surface area contributed by atoms with E-state index in [0.29, 0.717) is 38.5 Å². The zero-order valence-electron chi connectivity index (χ0n) is 34.7. The third-order valence-corrected chi connectivity index (χ3v) is 16.1. The summed E-state index contributed by atoms with van der Waals surface area (Å²) in [5.41, 5.74) is -1.40. The zero-order chi connectivity index (χ0) is 43.8. The van der Waals surface area contributed by atoms with E-state index < -0.39 is 128 Å². The number of fused-ring (bicyclic) bond motifs is 5. The first-order valence-corrected chi connectivity index (χ1v) is 21.7. The molecule has 4 aliphatic carbocycles. The predicted molar refractivity (Wildman–Crippen MR) is 201 cm³/mol. The smallest absolute Gasteiger partial charge is 0.331 e. The minimum Gasteiger partial charge on any atom is -0.458 e. The molecule has 0 radical (unpaired) electrons. The van der Waals surface area contributed by atoms with E-state index in [-0.39, 0.29) is 36.2 Å². The van der Waals surface area contributed by atoms with Crippen molar-refractivity contribution < 1.29 is 98.8 Å². The topological polar surface area (TPSA) is 302 Å². The third-order valence-electron chi connectivity index (χ3n) is 16.1. The van der Waals surface area contributed by atoms with Crippen LogP contribution in [0.4, 0.5) is 0 Å². The first-order valence-electron chi connectivity index (χ1n) is 21.7. The van der Waals surface area contributed by atoms with Crippen LogP contribution < -0.4 is 0 Å². The predicted octanol–water partition coefficient (Wildman–Crippen LogP) is -2.02. The Morgan fingerprint density at radius 3 is 2.11 bits per heavy atom. The molecule has 61 heavy (non-hydrogen) atoms. The van der Waals surface area contributed by atoms with E-state index in [0.717, 1.165) is 24.8 Å². The molecule has 0 spiro atoms. The molecule has 20 nitrogen and oxygen atoms in total. The van der Waals surface area contributed by atoms with Crippen LogP contribution in [0.3, 0.4) is 0 Å². The largest absolute Gasteiger partial charge is 0.458 e. The van der Waals surface area contributed by atoms with Crippen molar-refractivity contribution in [3.63, 3.8) is 0 Å². The molecule has 7 fully saturated rings. The summed E-state index contributed by atoms with van der Waals surface area (Å²) in [7, 11) is 1.35. The van der Waals surface area contributed by atoms with Gasteiger partial charge in [0.25, 0.3) is 0 Å². The number of methoxy groups -OCH3 is 1. The van der Waals surface area contributed by atoms with Crippen molar-refractivity contribution >= 4 is 5.97 Å². The molecule has 10 N–H and O–H groups in total. The maximum absolute atomic E-state index is 12.6. The third kappa shape index (κ3) is 7.72. The number of carbonyl (C=O) groups excluding carboxylic acids is 1. The minimum atomic E-state index is -1.80. The van der Waals surface area contributed by atoms with E-state index in [1.807, 2.05) is 0 Å². The molecule has 23 atom stereocenters. The molecule has 348 valence electrons. The minimum absolute atomic E-state index is 0.0346. The van der Waals surface area contributed by atoms with Crippen LogP contribution in [-0.2, 0) is 47.6 Å². The van der Waals surface area contributed by atoms with E-state index in [1.54, 1.807) is 13.0 Å². The summed E-state index contributed by atoms with van der Waals surface area (Å²) < 4.78 is 46.3. The summed E-state index contributed by atoms with van der Waals surface area (Å²) in [6.45, 7) is 2.80. The number of hydrogen-bond donors (Lipinski definition) is 10. The van der Waals surface area contributed by atoms with E-state index in [4.69, 9.17) is 42.8 Å².